The Morgan fingerprint density at radius 1 is 0.146 bits per heavy atom. The molecular weight excluding hydrogens is 1950 g/mol. The summed E-state index contributed by atoms with van der Waals surface area (Å²) in [6.45, 7) is 26.1. The summed E-state index contributed by atoms with van der Waals surface area (Å²) in [6, 6.07) is 0. The average Bonchev–Trinajstić information content (AvgIpc) is 0.879. The fourth-order valence-electron chi connectivity index (χ4n) is 18.8. The van der Waals surface area contributed by atoms with Gasteiger partial charge in [-0.05, 0) is 38.5 Å². The topological polar surface area (TPSA) is 222 Å². The van der Waals surface area contributed by atoms with Crippen LogP contribution in [0.15, 0.2) is 0 Å². The van der Waals surface area contributed by atoms with Gasteiger partial charge in [-0.1, -0.05) is 175 Å². The van der Waals surface area contributed by atoms with Gasteiger partial charge in [0.25, 0.3) is 0 Å². The van der Waals surface area contributed by atoms with Crippen LogP contribution in [0.2, 0.25) is 0 Å². The highest BCUT2D eigenvalue weighted by molar-refractivity contribution is 4.79. The minimum Gasteiger partial charge on any atom is -1.00 e. The van der Waals surface area contributed by atoms with Gasteiger partial charge in [0.15, 0.2) is 0 Å². The standard InChI is InChI=1S/C56H127N8O5.C45H105N8O5.10ClH/c1-16-18-20-22-24-26-28-30-32-34-40-63(12,13)50-55(68)45-58(43-53(66)48-61(6,7)8)38-36-57(42-52(65)47-60(3,4)5)37-39-59(44-54(67)49-62(9,10)11)46-56(69)51-64(14,15)41-35-33-31-29-27-25-23-21-19-17-2;1-16-17-18-19-20-21-22-23-24-25-30-53(14,15)40-45(58)35-48(34-44(57)39-52(11,12)13)29-27-46(31-41(54)36-49(2,3)4)26-28-47(32-42(55)37-50(5,6)7)33-43(56)38-51(8,9)10;;;;;;;;;;/h52-56,65-69H,16-51H2,1-15H3;41-45,54-58H,16-40H2,1-15H3;10*1H/q2*+5;;;;;;;;;;/p-10. The summed E-state index contributed by atoms with van der Waals surface area (Å²) < 4.78 is 6.88. The molecule has 0 aromatic heterocycles. The van der Waals surface area contributed by atoms with Crippen molar-refractivity contribution in [1.29, 1.82) is 0 Å². The van der Waals surface area contributed by atoms with Gasteiger partial charge in [0.1, 0.15) is 126 Å². The highest BCUT2D eigenvalue weighted by Gasteiger charge is 2.33. The minimum atomic E-state index is -0.545. The van der Waals surface area contributed by atoms with Gasteiger partial charge in [0.05, 0.1) is 210 Å². The molecule has 846 valence electrons. The van der Waals surface area contributed by atoms with Crippen LogP contribution in [-0.2, 0) is 0 Å². The van der Waals surface area contributed by atoms with E-state index in [1.54, 1.807) is 0 Å². The van der Waals surface area contributed by atoms with Crippen LogP contribution in [0.25, 0.3) is 0 Å². The Labute approximate surface area is 910 Å². The first-order valence-corrected chi connectivity index (χ1v) is 51.7. The van der Waals surface area contributed by atoms with Crippen molar-refractivity contribution in [2.75, 3.05) is 393 Å². The van der Waals surface area contributed by atoms with Crippen LogP contribution in [0.4, 0.5) is 0 Å². The Bertz CT molecular complexity index is 2490. The molecule has 0 amide bonds. The van der Waals surface area contributed by atoms with Crippen LogP contribution >= 0.6 is 0 Å². The van der Waals surface area contributed by atoms with Gasteiger partial charge >= 0.3 is 0 Å². The fraction of sp³-hybridized carbons (Fsp3) is 1.00. The van der Waals surface area contributed by atoms with E-state index in [1.165, 1.54) is 193 Å². The van der Waals surface area contributed by atoms with E-state index in [9.17, 15) is 51.1 Å². The zero-order valence-corrected chi connectivity index (χ0v) is 102. The van der Waals surface area contributed by atoms with E-state index in [0.717, 1.165) is 33.1 Å². The Balaban J connectivity index is -0.000000215. The molecule has 137 heavy (non-hydrogen) atoms. The van der Waals surface area contributed by atoms with Crippen molar-refractivity contribution in [3.8, 4) is 0 Å². The van der Waals surface area contributed by atoms with Crippen LogP contribution in [0, 0.1) is 0 Å². The number of unbranched alkanes of at least 4 members (excludes halogenated alkanes) is 27. The molecule has 0 rings (SSSR count). The van der Waals surface area contributed by atoms with E-state index in [4.69, 9.17) is 0 Å². The van der Waals surface area contributed by atoms with Crippen molar-refractivity contribution in [2.45, 2.75) is 274 Å². The van der Waals surface area contributed by atoms with Crippen LogP contribution in [0.5, 0.6) is 0 Å². The van der Waals surface area contributed by atoms with E-state index < -0.39 is 61.0 Å². The number of nitrogens with zero attached hydrogens (tertiary/aromatic N) is 16. The zero-order valence-electron chi connectivity index (χ0n) is 94.3. The fourth-order valence-corrected chi connectivity index (χ4v) is 18.8. The monoisotopic (exact) mass is 2180 g/mol. The number of hydrogen-bond acceptors (Lipinski definition) is 16. The number of hydrogen-bond donors (Lipinski definition) is 10. The highest BCUT2D eigenvalue weighted by atomic mass is 35.5. The summed E-state index contributed by atoms with van der Waals surface area (Å²) in [5.41, 5.74) is 0. The molecule has 0 saturated carbocycles. The molecule has 0 aliphatic carbocycles. The smallest absolute Gasteiger partial charge is 0.115 e. The lowest BCUT2D eigenvalue weighted by molar-refractivity contribution is -0.893. The van der Waals surface area contributed by atoms with Crippen LogP contribution in [-0.4, -0.2) is 580 Å². The number of quaternary nitrogens is 10. The Hall–Kier alpha value is 1.86. The van der Waals surface area contributed by atoms with Gasteiger partial charge in [0, 0.05) is 118 Å². The molecule has 26 nitrogen and oxygen atoms in total. The van der Waals surface area contributed by atoms with E-state index in [-0.39, 0.29) is 124 Å². The van der Waals surface area contributed by atoms with Crippen molar-refractivity contribution in [3.05, 3.63) is 0 Å². The predicted octanol–water partition coefficient (Wildman–Crippen LogP) is -22.6. The zero-order chi connectivity index (χ0) is 97.4. The highest BCUT2D eigenvalue weighted by Crippen LogP contribution is 2.19. The third-order valence-electron chi connectivity index (χ3n) is 24.4. The van der Waals surface area contributed by atoms with Gasteiger partial charge in [-0.3, -0.25) is 29.4 Å². The summed E-state index contributed by atoms with van der Waals surface area (Å²) in [5.74, 6) is 0. The van der Waals surface area contributed by atoms with Gasteiger partial charge in [0.2, 0.25) is 0 Å². The van der Waals surface area contributed by atoms with E-state index >= 15 is 0 Å². The second-order valence-electron chi connectivity index (χ2n) is 49.6. The first kappa shape index (κ1) is 164. The van der Waals surface area contributed by atoms with E-state index in [2.05, 4.69) is 240 Å². The average molecular weight is 2190 g/mol. The molecule has 10 N–H and O–H groups in total. The Kier molecular flexibility index (Phi) is 106. The number of likely N-dealkylation sites (N-methyl/N-ethyl adjacent to an activating group) is 10. The third kappa shape index (κ3) is 112. The number of rotatable bonds is 85. The van der Waals surface area contributed by atoms with Gasteiger partial charge in [-0.2, -0.15) is 0 Å². The molecule has 0 heterocycles. The van der Waals surface area contributed by atoms with Crippen LogP contribution < -0.4 is 124 Å². The second kappa shape index (κ2) is 88.5. The lowest BCUT2D eigenvalue weighted by Crippen LogP contribution is -3.00. The van der Waals surface area contributed by atoms with Gasteiger partial charge in [-0.25, -0.2) is 0 Å². The Morgan fingerprint density at radius 3 is 0.372 bits per heavy atom. The summed E-state index contributed by atoms with van der Waals surface area (Å²) >= 11 is 0. The maximum atomic E-state index is 11.7. The molecular formula is C101H232Cl10N16O10. The first-order chi connectivity index (χ1) is 58.5. The number of halogens is 10. The second-order valence-corrected chi connectivity index (χ2v) is 49.6. The third-order valence-corrected chi connectivity index (χ3v) is 24.4. The quantitative estimate of drug-likeness (QED) is 0.0202. The molecule has 36 heteroatoms. The molecule has 0 bridgehead atoms. The summed E-state index contributed by atoms with van der Waals surface area (Å²) in [5, 5.41) is 114. The minimum absolute atomic E-state index is 0. The first-order valence-electron chi connectivity index (χ1n) is 51.7. The van der Waals surface area contributed by atoms with Gasteiger partial charge < -0.3 is 220 Å². The van der Waals surface area contributed by atoms with Gasteiger partial charge in [-0.15, -0.1) is 0 Å². The molecule has 0 aromatic carbocycles. The number of aliphatic hydroxyl groups excluding tert-OH is 10. The normalized spacial score (nSPS) is 14.8. The van der Waals surface area contributed by atoms with Crippen molar-refractivity contribution < 1.29 is 220 Å². The largest absolute Gasteiger partial charge is 1.00 e. The maximum absolute atomic E-state index is 11.7. The molecule has 0 aliphatic heterocycles. The van der Waals surface area contributed by atoms with Crippen molar-refractivity contribution in [1.82, 2.24) is 29.4 Å². The van der Waals surface area contributed by atoms with Crippen molar-refractivity contribution in [3.63, 3.8) is 0 Å². The summed E-state index contributed by atoms with van der Waals surface area (Å²) in [4.78, 5) is 13.5. The maximum Gasteiger partial charge on any atom is 0.115 e. The lowest BCUT2D eigenvalue weighted by atomic mass is 10.1. The molecule has 0 radical (unpaired) electrons. The molecule has 0 fully saturated rings. The van der Waals surface area contributed by atoms with E-state index in [0.29, 0.717) is 215 Å². The molecule has 10 unspecified atom stereocenters. The Morgan fingerprint density at radius 2 is 0.248 bits per heavy atom. The van der Waals surface area contributed by atoms with Crippen LogP contribution in [0.1, 0.15) is 213 Å². The van der Waals surface area contributed by atoms with Crippen molar-refractivity contribution >= 4 is 0 Å². The lowest BCUT2D eigenvalue weighted by Gasteiger charge is -2.37. The number of aliphatic hydroxyl groups is 10. The molecule has 0 aromatic rings. The van der Waals surface area contributed by atoms with Crippen molar-refractivity contribution in [2.24, 2.45) is 0 Å². The molecule has 0 spiro atoms. The predicted molar refractivity (Wildman–Crippen MR) is 540 cm³/mol. The SMILES string of the molecule is CCCCCCCCCCCC[N+](C)(C)CC(O)CN(CCN(CCN(CC(O)C[N+](C)(C)C)CC(O)C[N+](C)(C)C)CC(O)C[N+](C)(C)C)CC(O)C[N+](C)(C)C.CCCCCCCCCCCC[N+](C)(C)CC(O)CN(CCN(CCN(CC(O)C[N+](C)(C)C)CC(O)C[N+](C)(C)CCCCCCCCCCCC)CC(O)C[N+](C)(C)C)CC(O)C[N+](C)(C)C.[Cl-].[Cl-].[Cl-].[Cl-].[Cl-].[Cl-].[Cl-].[Cl-].[Cl-].[Cl-]. The molecule has 0 saturated heterocycles. The molecule has 0 aliphatic rings. The summed E-state index contributed by atoms with van der Waals surface area (Å²) in [6.07, 6.45) is 34.1. The van der Waals surface area contributed by atoms with Crippen LogP contribution in [0.3, 0.4) is 0 Å². The molecule has 10 atom stereocenters. The summed E-state index contributed by atoms with van der Waals surface area (Å²) in [7, 11) is 57.4. The van der Waals surface area contributed by atoms with E-state index in [1.807, 2.05) is 0 Å².